The van der Waals surface area contributed by atoms with Gasteiger partial charge in [0.15, 0.2) is 5.69 Å². The van der Waals surface area contributed by atoms with Crippen LogP contribution in [0.15, 0.2) is 10.7 Å². The summed E-state index contributed by atoms with van der Waals surface area (Å²) in [5, 5.41) is 3.56. The van der Waals surface area contributed by atoms with E-state index in [1.54, 1.807) is 0 Å². The fraction of sp³-hybridized carbons (Fsp3) is 0.250. The monoisotopic (exact) mass is 372 g/mol. The van der Waals surface area contributed by atoms with E-state index in [4.69, 9.17) is 0 Å². The van der Waals surface area contributed by atoms with Crippen LogP contribution in [0.25, 0.3) is 0 Å². The molecule has 1 unspecified atom stereocenters. The Morgan fingerprint density at radius 3 is 2.50 bits per heavy atom. The van der Waals surface area contributed by atoms with Crippen molar-refractivity contribution in [2.75, 3.05) is 0 Å². The first-order valence-corrected chi connectivity index (χ1v) is 7.49. The Morgan fingerprint density at radius 1 is 1.58 bits per heavy atom. The third-order valence-electron chi connectivity index (χ3n) is 1.07. The Bertz CT molecular complexity index is 286. The first kappa shape index (κ1) is 10.7. The van der Waals surface area contributed by atoms with Gasteiger partial charge in [-0.1, -0.05) is 0 Å². The molecule has 0 radical (unpaired) electrons. The maximum absolute atomic E-state index is 12.2. The molecule has 0 aliphatic carbocycles. The number of hydrogen-bond acceptors (Lipinski definition) is 1. The Kier molecular flexibility index (Phi) is 3.39. The van der Waals surface area contributed by atoms with Crippen molar-refractivity contribution in [1.82, 2.24) is 9.55 Å². The molecule has 0 fully saturated rings. The Hall–Kier alpha value is 0.640. The van der Waals surface area contributed by atoms with Gasteiger partial charge in [-0.15, -0.1) is 0 Å². The van der Waals surface area contributed by atoms with Gasteiger partial charge in [-0.2, -0.15) is 18.3 Å². The van der Waals surface area contributed by atoms with Crippen molar-refractivity contribution < 1.29 is 13.2 Å². The van der Waals surface area contributed by atoms with E-state index in [1.807, 2.05) is 22.0 Å². The van der Waals surface area contributed by atoms with Gasteiger partial charge in [0, 0.05) is 0 Å². The van der Waals surface area contributed by atoms with Gasteiger partial charge in [0.05, 0.1) is 17.0 Å². The molecule has 8 heteroatoms. The molecule has 1 atom stereocenters. The molecular weight excluding hydrogens is 371 g/mol. The van der Waals surface area contributed by atoms with Crippen LogP contribution in [-0.4, -0.2) is 9.55 Å². The van der Waals surface area contributed by atoms with Crippen molar-refractivity contribution >= 4 is 44.3 Å². The average molecular weight is 373 g/mol. The topological polar surface area (TPSA) is 17.8 Å². The highest BCUT2D eigenvalue weighted by atomic mass is 127. The van der Waals surface area contributed by atoms with E-state index < -0.39 is 11.9 Å². The highest BCUT2D eigenvalue weighted by molar-refractivity contribution is 14.2. The molecule has 1 aromatic heterocycles. The number of nitrogens with zero attached hydrogens (tertiary/aromatic N) is 2. The molecule has 0 amide bonds. The summed E-state index contributed by atoms with van der Waals surface area (Å²) in [5.74, 6) is 0. The summed E-state index contributed by atoms with van der Waals surface area (Å²) in [5.41, 5.74) is -0.727. The SMILES string of the molecule is FC(F)(F)c1c(Br)cnn1PI. The van der Waals surface area contributed by atoms with Crippen LogP contribution in [0.1, 0.15) is 5.69 Å². The van der Waals surface area contributed by atoms with E-state index in [2.05, 4.69) is 21.0 Å². The number of halogens is 5. The zero-order valence-corrected chi connectivity index (χ0v) is 10.1. The molecule has 0 saturated heterocycles. The molecule has 0 aliphatic heterocycles. The molecule has 0 aromatic carbocycles. The molecule has 0 bridgehead atoms. The van der Waals surface area contributed by atoms with Crippen LogP contribution in [0.4, 0.5) is 13.2 Å². The number of aromatic nitrogens is 2. The van der Waals surface area contributed by atoms with Crippen molar-refractivity contribution in [1.29, 1.82) is 0 Å². The van der Waals surface area contributed by atoms with Gasteiger partial charge in [-0.25, -0.2) is 4.45 Å². The van der Waals surface area contributed by atoms with E-state index in [1.165, 1.54) is 0 Å². The predicted octanol–water partition coefficient (Wildman–Crippen LogP) is 3.46. The van der Waals surface area contributed by atoms with Crippen LogP contribution in [0.3, 0.4) is 0 Å². The van der Waals surface area contributed by atoms with Gasteiger partial charge in [0.2, 0.25) is 0 Å². The van der Waals surface area contributed by atoms with E-state index >= 15 is 0 Å². The minimum Gasteiger partial charge on any atom is -0.232 e. The molecule has 1 rings (SSSR count). The van der Waals surface area contributed by atoms with E-state index in [0.29, 0.717) is 0 Å². The molecular formula is C4H2BrF3IN2P. The molecule has 0 N–H and O–H groups in total. The normalized spacial score (nSPS) is 13.1. The quantitative estimate of drug-likeness (QED) is 0.545. The summed E-state index contributed by atoms with van der Waals surface area (Å²) in [6.07, 6.45) is -3.24. The lowest BCUT2D eigenvalue weighted by Crippen LogP contribution is -2.10. The summed E-state index contributed by atoms with van der Waals surface area (Å²) < 4.78 is 37.6. The maximum atomic E-state index is 12.2. The lowest BCUT2D eigenvalue weighted by molar-refractivity contribution is -0.142. The van der Waals surface area contributed by atoms with Crippen LogP contribution < -0.4 is 0 Å². The van der Waals surface area contributed by atoms with Crippen LogP contribution in [0.5, 0.6) is 0 Å². The van der Waals surface area contributed by atoms with Crippen LogP contribution in [0, 0.1) is 0 Å². The van der Waals surface area contributed by atoms with E-state index in [9.17, 15) is 13.2 Å². The largest absolute Gasteiger partial charge is 0.434 e. The van der Waals surface area contributed by atoms with Gasteiger partial charge in [0.25, 0.3) is 0 Å². The standard InChI is InChI=1S/C4H2BrF3IN2P/c5-2-1-10-11(12-9)3(2)4(6,7)8/h1,12H. The highest BCUT2D eigenvalue weighted by Gasteiger charge is 2.37. The number of alkyl halides is 3. The smallest absolute Gasteiger partial charge is 0.232 e. The molecule has 0 saturated carbocycles. The molecule has 68 valence electrons. The number of rotatable bonds is 1. The Balaban J connectivity index is 3.19. The van der Waals surface area contributed by atoms with Crippen molar-refractivity contribution in [2.24, 2.45) is 0 Å². The average Bonchev–Trinajstić information content (AvgIpc) is 2.29. The first-order chi connectivity index (χ1) is 5.46. The van der Waals surface area contributed by atoms with Crippen LogP contribution in [0.2, 0.25) is 0 Å². The van der Waals surface area contributed by atoms with Gasteiger partial charge < -0.3 is 0 Å². The second kappa shape index (κ2) is 3.79. The number of hydrogen-bond donors (Lipinski definition) is 0. The minimum absolute atomic E-state index is 0.0147. The second-order valence-corrected chi connectivity index (χ2v) is 4.73. The fourth-order valence-corrected chi connectivity index (χ4v) is 2.83. The third kappa shape index (κ3) is 2.11. The molecule has 2 nitrogen and oxygen atoms in total. The highest BCUT2D eigenvalue weighted by Crippen LogP contribution is 2.39. The van der Waals surface area contributed by atoms with Gasteiger partial charge in [-0.05, 0) is 38.0 Å². The van der Waals surface area contributed by atoms with Crippen molar-refractivity contribution in [3.8, 4) is 0 Å². The zero-order chi connectivity index (χ0) is 9.35. The van der Waals surface area contributed by atoms with Gasteiger partial charge in [-0.3, -0.25) is 0 Å². The summed E-state index contributed by atoms with van der Waals surface area (Å²) >= 11 is 4.63. The van der Waals surface area contributed by atoms with Crippen LogP contribution in [-0.2, 0) is 6.18 Å². The molecule has 12 heavy (non-hydrogen) atoms. The van der Waals surface area contributed by atoms with Crippen molar-refractivity contribution in [3.05, 3.63) is 16.4 Å². The lowest BCUT2D eigenvalue weighted by Gasteiger charge is -2.07. The summed E-state index contributed by atoms with van der Waals surface area (Å²) in [6, 6.07) is 0. The fourth-order valence-electron chi connectivity index (χ4n) is 0.648. The van der Waals surface area contributed by atoms with Crippen molar-refractivity contribution in [3.63, 3.8) is 0 Å². The van der Waals surface area contributed by atoms with E-state index in [0.717, 1.165) is 10.6 Å². The Morgan fingerprint density at radius 2 is 2.17 bits per heavy atom. The second-order valence-electron chi connectivity index (χ2n) is 1.84. The third-order valence-corrected chi connectivity index (χ3v) is 3.52. The minimum atomic E-state index is -4.34. The molecule has 1 aromatic rings. The molecule has 0 spiro atoms. The van der Waals surface area contributed by atoms with Gasteiger partial charge in [0.1, 0.15) is 0 Å². The molecule has 0 aliphatic rings. The van der Waals surface area contributed by atoms with Crippen LogP contribution >= 0.6 is 44.3 Å². The summed E-state index contributed by atoms with van der Waals surface area (Å²) in [7, 11) is 0. The summed E-state index contributed by atoms with van der Waals surface area (Å²) in [6.45, 7) is 0. The lowest BCUT2D eigenvalue weighted by atomic mass is 10.4. The van der Waals surface area contributed by atoms with Crippen molar-refractivity contribution in [2.45, 2.75) is 6.18 Å². The van der Waals surface area contributed by atoms with E-state index in [-0.39, 0.29) is 10.8 Å². The maximum Gasteiger partial charge on any atom is 0.434 e. The predicted molar refractivity (Wildman–Crippen MR) is 52.7 cm³/mol. The zero-order valence-electron chi connectivity index (χ0n) is 5.36. The summed E-state index contributed by atoms with van der Waals surface area (Å²) in [4.78, 5) is 0. The molecule has 1 heterocycles. The Labute approximate surface area is 89.3 Å². The first-order valence-electron chi connectivity index (χ1n) is 2.64. The van der Waals surface area contributed by atoms with Gasteiger partial charge >= 0.3 is 6.18 Å².